The molecule has 1 aromatic rings. The van der Waals surface area contributed by atoms with Crippen molar-refractivity contribution < 1.29 is 4.42 Å². The Kier molecular flexibility index (Phi) is 4.36. The summed E-state index contributed by atoms with van der Waals surface area (Å²) in [5.74, 6) is 1.96. The average Bonchev–Trinajstić information content (AvgIpc) is 2.51. The van der Waals surface area contributed by atoms with Gasteiger partial charge in [-0.2, -0.15) is 0 Å². The summed E-state index contributed by atoms with van der Waals surface area (Å²) in [5.41, 5.74) is 5.81. The van der Waals surface area contributed by atoms with Gasteiger partial charge in [0.2, 0.25) is 0 Å². The van der Waals surface area contributed by atoms with E-state index in [1.165, 1.54) is 0 Å². The third-order valence-corrected chi connectivity index (χ3v) is 2.52. The zero-order chi connectivity index (χ0) is 11.3. The Balaban J connectivity index is 2.27. The average molecular weight is 210 g/mol. The largest absolute Gasteiger partial charge is 0.465 e. The van der Waals surface area contributed by atoms with Gasteiger partial charge in [-0.25, -0.2) is 0 Å². The van der Waals surface area contributed by atoms with Crippen LogP contribution in [0.15, 0.2) is 16.5 Å². The van der Waals surface area contributed by atoms with E-state index in [2.05, 4.69) is 19.2 Å². The molecule has 1 aromatic heterocycles. The highest BCUT2D eigenvalue weighted by Gasteiger charge is 2.15. The highest BCUT2D eigenvalue weighted by Crippen LogP contribution is 2.17. The SMILES string of the molecule is Cc1ccc(CNCC(C)(C)CCN)o1. The quantitative estimate of drug-likeness (QED) is 0.755. The minimum Gasteiger partial charge on any atom is -0.465 e. The van der Waals surface area contributed by atoms with E-state index in [1.807, 2.05) is 19.1 Å². The van der Waals surface area contributed by atoms with Crippen LogP contribution in [0.3, 0.4) is 0 Å². The maximum atomic E-state index is 5.55. The van der Waals surface area contributed by atoms with Crippen molar-refractivity contribution in [2.24, 2.45) is 11.1 Å². The van der Waals surface area contributed by atoms with Crippen molar-refractivity contribution in [2.45, 2.75) is 33.7 Å². The molecule has 0 radical (unpaired) electrons. The van der Waals surface area contributed by atoms with E-state index in [-0.39, 0.29) is 5.41 Å². The molecular weight excluding hydrogens is 188 g/mol. The van der Waals surface area contributed by atoms with Crippen molar-refractivity contribution in [3.8, 4) is 0 Å². The molecule has 0 fully saturated rings. The van der Waals surface area contributed by atoms with Gasteiger partial charge in [-0.1, -0.05) is 13.8 Å². The second-order valence-electron chi connectivity index (χ2n) is 4.82. The van der Waals surface area contributed by atoms with Gasteiger partial charge in [0.25, 0.3) is 0 Å². The lowest BCUT2D eigenvalue weighted by Crippen LogP contribution is -2.30. The Labute approximate surface area is 92.0 Å². The summed E-state index contributed by atoms with van der Waals surface area (Å²) < 4.78 is 5.47. The number of hydrogen-bond donors (Lipinski definition) is 2. The summed E-state index contributed by atoms with van der Waals surface area (Å²) in [5, 5.41) is 3.39. The van der Waals surface area contributed by atoms with E-state index in [0.717, 1.165) is 37.6 Å². The fourth-order valence-corrected chi connectivity index (χ4v) is 1.58. The van der Waals surface area contributed by atoms with Crippen molar-refractivity contribution in [3.63, 3.8) is 0 Å². The van der Waals surface area contributed by atoms with E-state index in [9.17, 15) is 0 Å². The highest BCUT2D eigenvalue weighted by molar-refractivity contribution is 5.05. The van der Waals surface area contributed by atoms with Crippen LogP contribution in [0.2, 0.25) is 0 Å². The van der Waals surface area contributed by atoms with Gasteiger partial charge in [0.1, 0.15) is 11.5 Å². The second-order valence-corrected chi connectivity index (χ2v) is 4.82. The van der Waals surface area contributed by atoms with E-state index in [0.29, 0.717) is 0 Å². The second kappa shape index (κ2) is 5.33. The molecule has 15 heavy (non-hydrogen) atoms. The molecule has 3 N–H and O–H groups in total. The van der Waals surface area contributed by atoms with Crippen molar-refractivity contribution >= 4 is 0 Å². The van der Waals surface area contributed by atoms with Crippen molar-refractivity contribution in [1.82, 2.24) is 5.32 Å². The van der Waals surface area contributed by atoms with Crippen LogP contribution in [-0.4, -0.2) is 13.1 Å². The lowest BCUT2D eigenvalue weighted by molar-refractivity contribution is 0.312. The molecule has 0 amide bonds. The van der Waals surface area contributed by atoms with E-state index in [1.54, 1.807) is 0 Å². The Hall–Kier alpha value is -0.800. The molecular formula is C12H22N2O. The summed E-state index contributed by atoms with van der Waals surface area (Å²) in [4.78, 5) is 0. The Morgan fingerprint density at radius 1 is 1.40 bits per heavy atom. The summed E-state index contributed by atoms with van der Waals surface area (Å²) >= 11 is 0. The molecule has 86 valence electrons. The molecule has 0 aliphatic heterocycles. The molecule has 0 atom stereocenters. The fraction of sp³-hybridized carbons (Fsp3) is 0.667. The van der Waals surface area contributed by atoms with Crippen LogP contribution in [0.1, 0.15) is 31.8 Å². The van der Waals surface area contributed by atoms with Crippen LogP contribution in [0, 0.1) is 12.3 Å². The minimum absolute atomic E-state index is 0.260. The Morgan fingerprint density at radius 2 is 2.13 bits per heavy atom. The minimum atomic E-state index is 0.260. The molecule has 0 unspecified atom stereocenters. The van der Waals surface area contributed by atoms with Gasteiger partial charge < -0.3 is 15.5 Å². The van der Waals surface area contributed by atoms with Gasteiger partial charge in [-0.15, -0.1) is 0 Å². The third-order valence-electron chi connectivity index (χ3n) is 2.52. The maximum Gasteiger partial charge on any atom is 0.117 e. The van der Waals surface area contributed by atoms with Crippen molar-refractivity contribution in [1.29, 1.82) is 0 Å². The number of aryl methyl sites for hydroxylation is 1. The molecule has 3 heteroatoms. The first-order valence-electron chi connectivity index (χ1n) is 5.49. The molecule has 0 saturated heterocycles. The predicted molar refractivity (Wildman–Crippen MR) is 62.6 cm³/mol. The highest BCUT2D eigenvalue weighted by atomic mass is 16.3. The van der Waals surface area contributed by atoms with Gasteiger partial charge >= 0.3 is 0 Å². The van der Waals surface area contributed by atoms with E-state index < -0.39 is 0 Å². The molecule has 1 heterocycles. The lowest BCUT2D eigenvalue weighted by atomic mass is 9.89. The number of hydrogen-bond acceptors (Lipinski definition) is 3. The summed E-state index contributed by atoms with van der Waals surface area (Å²) in [6, 6.07) is 4.00. The molecule has 0 aromatic carbocycles. The standard InChI is InChI=1S/C12H22N2O/c1-10-4-5-11(15-10)8-14-9-12(2,3)6-7-13/h4-5,14H,6-9,13H2,1-3H3. The molecule has 1 rings (SSSR count). The van der Waals surface area contributed by atoms with Crippen LogP contribution in [0.5, 0.6) is 0 Å². The fourth-order valence-electron chi connectivity index (χ4n) is 1.58. The number of furan rings is 1. The Bertz CT molecular complexity index is 292. The topological polar surface area (TPSA) is 51.2 Å². The summed E-state index contributed by atoms with van der Waals surface area (Å²) in [6.07, 6.45) is 1.04. The maximum absolute atomic E-state index is 5.55. The normalized spacial score (nSPS) is 12.0. The predicted octanol–water partition coefficient (Wildman–Crippen LogP) is 2.05. The summed E-state index contributed by atoms with van der Waals surface area (Å²) in [7, 11) is 0. The first-order valence-corrected chi connectivity index (χ1v) is 5.49. The molecule has 0 bridgehead atoms. The number of rotatable bonds is 6. The molecule has 0 aliphatic rings. The van der Waals surface area contributed by atoms with Gasteiger partial charge in [0, 0.05) is 6.54 Å². The van der Waals surface area contributed by atoms with Gasteiger partial charge in [-0.3, -0.25) is 0 Å². The number of nitrogens with one attached hydrogen (secondary N) is 1. The van der Waals surface area contributed by atoms with Crippen molar-refractivity contribution in [3.05, 3.63) is 23.7 Å². The van der Waals surface area contributed by atoms with E-state index in [4.69, 9.17) is 10.2 Å². The van der Waals surface area contributed by atoms with Gasteiger partial charge in [0.15, 0.2) is 0 Å². The molecule has 0 saturated carbocycles. The van der Waals surface area contributed by atoms with Crippen LogP contribution < -0.4 is 11.1 Å². The van der Waals surface area contributed by atoms with Gasteiger partial charge in [0.05, 0.1) is 6.54 Å². The molecule has 3 nitrogen and oxygen atoms in total. The van der Waals surface area contributed by atoms with Crippen LogP contribution >= 0.6 is 0 Å². The first kappa shape index (κ1) is 12.3. The van der Waals surface area contributed by atoms with Crippen LogP contribution in [-0.2, 0) is 6.54 Å². The van der Waals surface area contributed by atoms with Crippen molar-refractivity contribution in [2.75, 3.05) is 13.1 Å². The van der Waals surface area contributed by atoms with Crippen LogP contribution in [0.4, 0.5) is 0 Å². The van der Waals surface area contributed by atoms with E-state index >= 15 is 0 Å². The monoisotopic (exact) mass is 210 g/mol. The molecule has 0 aliphatic carbocycles. The molecule has 0 spiro atoms. The third kappa shape index (κ3) is 4.49. The Morgan fingerprint density at radius 3 is 2.67 bits per heavy atom. The smallest absolute Gasteiger partial charge is 0.117 e. The van der Waals surface area contributed by atoms with Gasteiger partial charge in [-0.05, 0) is 37.4 Å². The first-order chi connectivity index (χ1) is 7.03. The van der Waals surface area contributed by atoms with Crippen LogP contribution in [0.25, 0.3) is 0 Å². The zero-order valence-electron chi connectivity index (χ0n) is 9.97. The lowest BCUT2D eigenvalue weighted by Gasteiger charge is -2.23. The summed E-state index contributed by atoms with van der Waals surface area (Å²) in [6.45, 7) is 8.91. The zero-order valence-corrected chi connectivity index (χ0v) is 9.97. The number of nitrogens with two attached hydrogens (primary N) is 1.